The van der Waals surface area contributed by atoms with Crippen LogP contribution in [0.2, 0.25) is 0 Å². The van der Waals surface area contributed by atoms with Gasteiger partial charge in [0.15, 0.2) is 12.1 Å². The number of carbonyl (C=O) groups excluding carboxylic acids is 1. The zero-order valence-corrected chi connectivity index (χ0v) is 8.99. The first-order valence-electron chi connectivity index (χ1n) is 4.83. The lowest BCUT2D eigenvalue weighted by Gasteiger charge is -2.02. The minimum Gasteiger partial charge on any atom is -0.478 e. The van der Waals surface area contributed by atoms with Gasteiger partial charge in [-0.15, -0.1) is 0 Å². The standard InChI is InChI=1S/C11H9N3O3/c1-7-4-9(6-15)13-14(7)10-3-2-8(5-12-10)11(16)17/h2-6H,1H3,(H,16,17). The van der Waals surface area contributed by atoms with Crippen LogP contribution < -0.4 is 0 Å². The minimum atomic E-state index is -1.03. The van der Waals surface area contributed by atoms with Crippen molar-refractivity contribution in [2.75, 3.05) is 0 Å². The Kier molecular flexibility index (Phi) is 2.70. The zero-order chi connectivity index (χ0) is 12.4. The number of carbonyl (C=O) groups is 2. The lowest BCUT2D eigenvalue weighted by Crippen LogP contribution is -2.04. The lowest BCUT2D eigenvalue weighted by atomic mass is 10.3. The average molecular weight is 231 g/mol. The van der Waals surface area contributed by atoms with Gasteiger partial charge in [0.2, 0.25) is 0 Å². The molecule has 0 spiro atoms. The van der Waals surface area contributed by atoms with Crippen LogP contribution in [0.1, 0.15) is 26.5 Å². The van der Waals surface area contributed by atoms with Crippen molar-refractivity contribution in [3.63, 3.8) is 0 Å². The molecule has 86 valence electrons. The average Bonchev–Trinajstić information content (AvgIpc) is 2.71. The molecule has 6 heteroatoms. The summed E-state index contributed by atoms with van der Waals surface area (Å²) >= 11 is 0. The Bertz CT molecular complexity index is 572. The number of carboxylic acids is 1. The Morgan fingerprint density at radius 2 is 2.24 bits per heavy atom. The third kappa shape index (κ3) is 2.05. The summed E-state index contributed by atoms with van der Waals surface area (Å²) in [5.74, 6) is -0.560. The van der Waals surface area contributed by atoms with Crippen LogP contribution in [-0.4, -0.2) is 32.1 Å². The van der Waals surface area contributed by atoms with Crippen molar-refractivity contribution in [2.24, 2.45) is 0 Å². The van der Waals surface area contributed by atoms with E-state index in [2.05, 4.69) is 10.1 Å². The number of aromatic carboxylic acids is 1. The predicted molar refractivity (Wildman–Crippen MR) is 58.4 cm³/mol. The molecular formula is C11H9N3O3. The van der Waals surface area contributed by atoms with E-state index in [0.29, 0.717) is 17.8 Å². The van der Waals surface area contributed by atoms with Gasteiger partial charge in [0.25, 0.3) is 0 Å². The molecule has 2 heterocycles. The monoisotopic (exact) mass is 231 g/mol. The first-order valence-corrected chi connectivity index (χ1v) is 4.83. The quantitative estimate of drug-likeness (QED) is 0.799. The number of rotatable bonds is 3. The van der Waals surface area contributed by atoms with Gasteiger partial charge in [-0.05, 0) is 25.1 Å². The number of hydrogen-bond acceptors (Lipinski definition) is 4. The summed E-state index contributed by atoms with van der Waals surface area (Å²) in [4.78, 5) is 25.2. The van der Waals surface area contributed by atoms with Crippen LogP contribution in [0.3, 0.4) is 0 Å². The van der Waals surface area contributed by atoms with Crippen molar-refractivity contribution < 1.29 is 14.7 Å². The van der Waals surface area contributed by atoms with Gasteiger partial charge in [-0.1, -0.05) is 0 Å². The van der Waals surface area contributed by atoms with Crippen LogP contribution in [0.25, 0.3) is 5.82 Å². The molecule has 0 saturated heterocycles. The Morgan fingerprint density at radius 1 is 1.47 bits per heavy atom. The van der Waals surface area contributed by atoms with Crippen LogP contribution in [0.5, 0.6) is 0 Å². The normalized spacial score (nSPS) is 10.2. The summed E-state index contributed by atoms with van der Waals surface area (Å²) in [5, 5.41) is 12.7. The molecule has 0 aliphatic heterocycles. The Hall–Kier alpha value is -2.50. The van der Waals surface area contributed by atoms with Gasteiger partial charge in [-0.2, -0.15) is 5.10 Å². The van der Waals surface area contributed by atoms with E-state index in [0.717, 1.165) is 5.69 Å². The SMILES string of the molecule is Cc1cc(C=O)nn1-c1ccc(C(=O)O)cn1. The van der Waals surface area contributed by atoms with Gasteiger partial charge in [0, 0.05) is 11.9 Å². The van der Waals surface area contributed by atoms with Crippen molar-refractivity contribution in [2.45, 2.75) is 6.92 Å². The zero-order valence-electron chi connectivity index (χ0n) is 8.99. The number of carboxylic acid groups (broad SMARTS) is 1. The Labute approximate surface area is 96.5 Å². The molecule has 1 N–H and O–H groups in total. The van der Waals surface area contributed by atoms with Crippen molar-refractivity contribution in [1.82, 2.24) is 14.8 Å². The molecule has 0 amide bonds. The highest BCUT2D eigenvalue weighted by molar-refractivity contribution is 5.87. The third-order valence-electron chi connectivity index (χ3n) is 2.24. The van der Waals surface area contributed by atoms with E-state index in [1.807, 2.05) is 0 Å². The van der Waals surface area contributed by atoms with Crippen molar-refractivity contribution in [3.8, 4) is 5.82 Å². The van der Waals surface area contributed by atoms with Gasteiger partial charge in [-0.3, -0.25) is 4.79 Å². The number of hydrogen-bond donors (Lipinski definition) is 1. The summed E-state index contributed by atoms with van der Waals surface area (Å²) in [6.07, 6.45) is 1.90. The van der Waals surface area contributed by atoms with Gasteiger partial charge in [-0.25, -0.2) is 14.5 Å². The van der Waals surface area contributed by atoms with Crippen LogP contribution >= 0.6 is 0 Å². The van der Waals surface area contributed by atoms with Gasteiger partial charge < -0.3 is 5.11 Å². The van der Waals surface area contributed by atoms with Crippen LogP contribution in [0.15, 0.2) is 24.4 Å². The van der Waals surface area contributed by atoms with Crippen LogP contribution in [0.4, 0.5) is 0 Å². The molecule has 0 unspecified atom stereocenters. The molecule has 0 radical (unpaired) electrons. The number of aromatic nitrogens is 3. The number of aldehydes is 1. The van der Waals surface area contributed by atoms with E-state index in [4.69, 9.17) is 5.11 Å². The van der Waals surface area contributed by atoms with E-state index >= 15 is 0 Å². The fraction of sp³-hybridized carbons (Fsp3) is 0.0909. The molecule has 0 aromatic carbocycles. The van der Waals surface area contributed by atoms with Gasteiger partial charge >= 0.3 is 5.97 Å². The number of pyridine rings is 1. The number of nitrogens with zero attached hydrogens (tertiary/aromatic N) is 3. The number of aryl methyl sites for hydroxylation is 1. The second-order valence-electron chi connectivity index (χ2n) is 3.45. The van der Waals surface area contributed by atoms with E-state index in [1.54, 1.807) is 13.0 Å². The highest BCUT2D eigenvalue weighted by atomic mass is 16.4. The largest absolute Gasteiger partial charge is 0.478 e. The fourth-order valence-electron chi connectivity index (χ4n) is 1.43. The molecule has 17 heavy (non-hydrogen) atoms. The molecule has 2 aromatic rings. The maximum absolute atomic E-state index is 10.7. The minimum absolute atomic E-state index is 0.106. The summed E-state index contributed by atoms with van der Waals surface area (Å²) in [6.45, 7) is 1.78. The van der Waals surface area contributed by atoms with Crippen LogP contribution in [-0.2, 0) is 0 Å². The molecule has 0 aliphatic carbocycles. The van der Waals surface area contributed by atoms with E-state index in [-0.39, 0.29) is 5.56 Å². The lowest BCUT2D eigenvalue weighted by molar-refractivity contribution is 0.0696. The molecule has 0 bridgehead atoms. The highest BCUT2D eigenvalue weighted by Crippen LogP contribution is 2.09. The molecule has 6 nitrogen and oxygen atoms in total. The maximum atomic E-state index is 10.7. The van der Waals surface area contributed by atoms with Crippen LogP contribution in [0, 0.1) is 6.92 Å². The third-order valence-corrected chi connectivity index (χ3v) is 2.24. The first-order chi connectivity index (χ1) is 8.11. The Balaban J connectivity index is 2.42. The Morgan fingerprint density at radius 3 is 2.71 bits per heavy atom. The smallest absolute Gasteiger partial charge is 0.337 e. The highest BCUT2D eigenvalue weighted by Gasteiger charge is 2.08. The molecular weight excluding hydrogens is 222 g/mol. The van der Waals surface area contributed by atoms with E-state index < -0.39 is 5.97 Å². The van der Waals surface area contributed by atoms with Crippen molar-refractivity contribution in [1.29, 1.82) is 0 Å². The van der Waals surface area contributed by atoms with Gasteiger partial charge in [0.05, 0.1) is 5.56 Å². The second kappa shape index (κ2) is 4.17. The molecule has 0 atom stereocenters. The van der Waals surface area contributed by atoms with Crippen molar-refractivity contribution >= 4 is 12.3 Å². The molecule has 0 aliphatic rings. The summed E-state index contributed by atoms with van der Waals surface area (Å²) in [5.41, 5.74) is 1.17. The summed E-state index contributed by atoms with van der Waals surface area (Å²) in [6, 6.07) is 4.60. The van der Waals surface area contributed by atoms with Gasteiger partial charge in [0.1, 0.15) is 5.69 Å². The molecule has 2 rings (SSSR count). The van der Waals surface area contributed by atoms with Crippen molar-refractivity contribution in [3.05, 3.63) is 41.3 Å². The predicted octanol–water partition coefficient (Wildman–Crippen LogP) is 1.09. The fourth-order valence-corrected chi connectivity index (χ4v) is 1.43. The topological polar surface area (TPSA) is 85.1 Å². The molecule has 2 aromatic heterocycles. The maximum Gasteiger partial charge on any atom is 0.337 e. The van der Waals surface area contributed by atoms with E-state index in [1.165, 1.54) is 23.0 Å². The molecule has 0 fully saturated rings. The first kappa shape index (κ1) is 11.0. The summed E-state index contributed by atoms with van der Waals surface area (Å²) < 4.78 is 1.48. The molecule has 0 saturated carbocycles. The van der Waals surface area contributed by atoms with E-state index in [9.17, 15) is 9.59 Å². The summed E-state index contributed by atoms with van der Waals surface area (Å²) in [7, 11) is 0. The second-order valence-corrected chi connectivity index (χ2v) is 3.45.